The molecule has 29 heavy (non-hydrogen) atoms. The van der Waals surface area contributed by atoms with Crippen LogP contribution in [0.1, 0.15) is 21.2 Å². The van der Waals surface area contributed by atoms with E-state index in [9.17, 15) is 4.79 Å². The molecule has 0 spiro atoms. The van der Waals surface area contributed by atoms with E-state index in [0.29, 0.717) is 16.6 Å². The van der Waals surface area contributed by atoms with Crippen molar-refractivity contribution in [2.75, 3.05) is 5.32 Å². The van der Waals surface area contributed by atoms with E-state index in [1.54, 1.807) is 18.5 Å². The number of nitrogens with zero attached hydrogens (tertiary/aromatic N) is 4. The van der Waals surface area contributed by atoms with Gasteiger partial charge in [0.25, 0.3) is 5.91 Å². The molecule has 0 bridgehead atoms. The van der Waals surface area contributed by atoms with E-state index in [1.807, 2.05) is 42.8 Å². The summed E-state index contributed by atoms with van der Waals surface area (Å²) in [6.45, 7) is 1.99. The van der Waals surface area contributed by atoms with E-state index >= 15 is 0 Å². The van der Waals surface area contributed by atoms with Gasteiger partial charge >= 0.3 is 0 Å². The number of benzene rings is 1. The van der Waals surface area contributed by atoms with Gasteiger partial charge in [-0.15, -0.1) is 21.5 Å². The second-order valence-corrected chi connectivity index (χ2v) is 9.23. The van der Waals surface area contributed by atoms with Crippen molar-refractivity contribution >= 4 is 50.1 Å². The molecule has 0 unspecified atom stereocenters. The Bertz CT molecular complexity index is 1150. The highest BCUT2D eigenvalue weighted by atomic mass is 79.9. The third-order valence-electron chi connectivity index (χ3n) is 4.03. The smallest absolute Gasteiger partial charge is 0.293 e. The third-order valence-corrected chi connectivity index (χ3v) is 6.51. The zero-order valence-corrected chi connectivity index (χ0v) is 18.8. The van der Waals surface area contributed by atoms with Crippen molar-refractivity contribution in [2.45, 2.75) is 17.8 Å². The van der Waals surface area contributed by atoms with Crippen LogP contribution < -0.4 is 5.32 Å². The standard InChI is InChI=1S/C19H16BrN5O2S2/c1-11-16(12-3-5-13(20)6-4-12)22-18(29-11)23-17(26)15-8-7-14(27-15)9-28-19-24-21-10-25(19)2/h3-8,10H,9H2,1-2H3,(H,22,23,26). The molecule has 0 saturated heterocycles. The van der Waals surface area contributed by atoms with Gasteiger partial charge in [-0.2, -0.15) is 0 Å². The molecule has 3 heterocycles. The maximum atomic E-state index is 12.5. The SMILES string of the molecule is Cc1sc(NC(=O)c2ccc(CSc3nncn3C)o2)nc1-c1ccc(Br)cc1. The number of carbonyl (C=O) groups excluding carboxylic acids is 1. The molecule has 3 aromatic heterocycles. The monoisotopic (exact) mass is 489 g/mol. The lowest BCUT2D eigenvalue weighted by Crippen LogP contribution is -2.10. The fourth-order valence-electron chi connectivity index (χ4n) is 2.60. The van der Waals surface area contributed by atoms with E-state index < -0.39 is 0 Å². The number of anilines is 1. The fraction of sp³-hybridized carbons (Fsp3) is 0.158. The quantitative estimate of drug-likeness (QED) is 0.377. The Balaban J connectivity index is 1.42. The van der Waals surface area contributed by atoms with E-state index in [4.69, 9.17) is 4.42 Å². The summed E-state index contributed by atoms with van der Waals surface area (Å²) in [5, 5.41) is 12.0. The van der Waals surface area contributed by atoms with Crippen molar-refractivity contribution in [1.29, 1.82) is 0 Å². The second kappa shape index (κ2) is 8.52. The predicted molar refractivity (Wildman–Crippen MR) is 117 cm³/mol. The van der Waals surface area contributed by atoms with Crippen LogP contribution in [-0.2, 0) is 12.8 Å². The number of hydrogen-bond donors (Lipinski definition) is 1. The van der Waals surface area contributed by atoms with E-state index in [2.05, 4.69) is 36.4 Å². The first kappa shape index (κ1) is 19.9. The van der Waals surface area contributed by atoms with Crippen molar-refractivity contribution in [3.05, 3.63) is 63.6 Å². The van der Waals surface area contributed by atoms with Crippen LogP contribution in [0.3, 0.4) is 0 Å². The number of rotatable bonds is 6. The number of thiazole rings is 1. The maximum Gasteiger partial charge on any atom is 0.293 e. The van der Waals surface area contributed by atoms with Gasteiger partial charge in [0.05, 0.1) is 11.4 Å². The van der Waals surface area contributed by atoms with Gasteiger partial charge in [-0.3, -0.25) is 10.1 Å². The number of aryl methyl sites for hydroxylation is 2. The average Bonchev–Trinajstić information content (AvgIpc) is 3.41. The molecule has 1 N–H and O–H groups in total. The van der Waals surface area contributed by atoms with Gasteiger partial charge in [-0.25, -0.2) is 4.98 Å². The number of amides is 1. The Hall–Kier alpha value is -2.43. The summed E-state index contributed by atoms with van der Waals surface area (Å²) in [6.07, 6.45) is 1.64. The summed E-state index contributed by atoms with van der Waals surface area (Å²) in [5.74, 6) is 1.17. The number of halogens is 1. The highest BCUT2D eigenvalue weighted by Crippen LogP contribution is 2.31. The largest absolute Gasteiger partial charge is 0.455 e. The van der Waals surface area contributed by atoms with Crippen molar-refractivity contribution in [2.24, 2.45) is 7.05 Å². The number of hydrogen-bond acceptors (Lipinski definition) is 7. The maximum absolute atomic E-state index is 12.5. The number of carbonyl (C=O) groups is 1. The average molecular weight is 490 g/mol. The van der Waals surface area contributed by atoms with Crippen molar-refractivity contribution in [1.82, 2.24) is 19.7 Å². The Labute approximate surface area is 183 Å². The molecule has 4 aromatic rings. The molecule has 0 fully saturated rings. The summed E-state index contributed by atoms with van der Waals surface area (Å²) in [5.41, 5.74) is 1.86. The van der Waals surface area contributed by atoms with Crippen LogP contribution in [-0.4, -0.2) is 25.7 Å². The van der Waals surface area contributed by atoms with Crippen molar-refractivity contribution in [3.63, 3.8) is 0 Å². The Morgan fingerprint density at radius 1 is 1.28 bits per heavy atom. The zero-order valence-electron chi connectivity index (χ0n) is 15.5. The van der Waals surface area contributed by atoms with E-state index in [-0.39, 0.29) is 11.7 Å². The normalized spacial score (nSPS) is 11.0. The molecular formula is C19H16BrN5O2S2. The molecule has 1 aromatic carbocycles. The third kappa shape index (κ3) is 4.60. The lowest BCUT2D eigenvalue weighted by molar-refractivity contribution is 0.0995. The number of furan rings is 1. The first-order valence-electron chi connectivity index (χ1n) is 8.60. The Morgan fingerprint density at radius 3 is 2.79 bits per heavy atom. The lowest BCUT2D eigenvalue weighted by atomic mass is 10.1. The van der Waals surface area contributed by atoms with Gasteiger partial charge in [-0.1, -0.05) is 39.8 Å². The van der Waals surface area contributed by atoms with Crippen LogP contribution in [0.25, 0.3) is 11.3 Å². The molecule has 1 amide bonds. The van der Waals surface area contributed by atoms with Gasteiger partial charge in [0, 0.05) is 22.0 Å². The van der Waals surface area contributed by atoms with Crippen LogP contribution in [0.15, 0.2) is 56.8 Å². The molecule has 0 aliphatic rings. The molecule has 148 valence electrons. The van der Waals surface area contributed by atoms with Gasteiger partial charge in [0.15, 0.2) is 16.0 Å². The summed E-state index contributed by atoms with van der Waals surface area (Å²) in [6, 6.07) is 11.4. The van der Waals surface area contributed by atoms with Gasteiger partial charge in [0.2, 0.25) is 0 Å². The van der Waals surface area contributed by atoms with Crippen LogP contribution >= 0.6 is 39.0 Å². The predicted octanol–water partition coefficient (Wildman–Crippen LogP) is 5.15. The summed E-state index contributed by atoms with van der Waals surface area (Å²) in [7, 11) is 1.88. The minimum absolute atomic E-state index is 0.247. The molecule has 7 nitrogen and oxygen atoms in total. The van der Waals surface area contributed by atoms with Crippen LogP contribution in [0.5, 0.6) is 0 Å². The minimum atomic E-state index is -0.323. The van der Waals surface area contributed by atoms with E-state index in [1.165, 1.54) is 23.1 Å². The summed E-state index contributed by atoms with van der Waals surface area (Å²) >= 11 is 6.36. The minimum Gasteiger partial charge on any atom is -0.455 e. The molecule has 0 radical (unpaired) electrons. The van der Waals surface area contributed by atoms with Crippen LogP contribution in [0, 0.1) is 6.92 Å². The Kier molecular flexibility index (Phi) is 5.84. The van der Waals surface area contributed by atoms with Crippen LogP contribution in [0.2, 0.25) is 0 Å². The first-order valence-corrected chi connectivity index (χ1v) is 11.2. The number of aromatic nitrogens is 4. The van der Waals surface area contributed by atoms with Gasteiger partial charge < -0.3 is 8.98 Å². The molecule has 0 saturated carbocycles. The van der Waals surface area contributed by atoms with Crippen molar-refractivity contribution in [3.8, 4) is 11.3 Å². The molecule has 10 heteroatoms. The van der Waals surface area contributed by atoms with Gasteiger partial charge in [0.1, 0.15) is 12.1 Å². The van der Waals surface area contributed by atoms with Crippen molar-refractivity contribution < 1.29 is 9.21 Å². The lowest BCUT2D eigenvalue weighted by Gasteiger charge is -2.00. The van der Waals surface area contributed by atoms with E-state index in [0.717, 1.165) is 25.8 Å². The Morgan fingerprint density at radius 2 is 2.07 bits per heavy atom. The second-order valence-electron chi connectivity index (χ2n) is 6.16. The first-order chi connectivity index (χ1) is 14.0. The summed E-state index contributed by atoms with van der Waals surface area (Å²) < 4.78 is 8.51. The molecular weight excluding hydrogens is 474 g/mol. The molecule has 0 atom stereocenters. The fourth-order valence-corrected chi connectivity index (χ4v) is 4.48. The zero-order chi connectivity index (χ0) is 20.4. The highest BCUT2D eigenvalue weighted by molar-refractivity contribution is 9.10. The highest BCUT2D eigenvalue weighted by Gasteiger charge is 2.16. The molecule has 0 aliphatic heterocycles. The molecule has 4 rings (SSSR count). The summed E-state index contributed by atoms with van der Waals surface area (Å²) in [4.78, 5) is 18.1. The number of thioether (sulfide) groups is 1. The van der Waals surface area contributed by atoms with Gasteiger partial charge in [-0.05, 0) is 31.2 Å². The topological polar surface area (TPSA) is 85.8 Å². The number of nitrogens with one attached hydrogen (secondary N) is 1. The van der Waals surface area contributed by atoms with Crippen LogP contribution in [0.4, 0.5) is 5.13 Å². The molecule has 0 aliphatic carbocycles.